The molecule has 7 unspecified atom stereocenters. The van der Waals surface area contributed by atoms with Crippen molar-refractivity contribution in [3.05, 3.63) is 24.3 Å². The summed E-state index contributed by atoms with van der Waals surface area (Å²) >= 11 is 0. The van der Waals surface area contributed by atoms with Gasteiger partial charge in [-0.3, -0.25) is 4.79 Å². The third-order valence-electron chi connectivity index (χ3n) is 12.3. The van der Waals surface area contributed by atoms with Gasteiger partial charge in [-0.2, -0.15) is 0 Å². The molecule has 0 bridgehead atoms. The number of carbonyl (C=O) groups excluding carboxylic acids is 1. The highest BCUT2D eigenvalue weighted by Crippen LogP contribution is 2.23. The fourth-order valence-corrected chi connectivity index (χ4v) is 8.17. The topological polar surface area (TPSA) is 149 Å². The van der Waals surface area contributed by atoms with Gasteiger partial charge in [0.2, 0.25) is 5.91 Å². The van der Waals surface area contributed by atoms with E-state index in [0.717, 1.165) is 38.5 Å². The van der Waals surface area contributed by atoms with E-state index in [4.69, 9.17) is 9.47 Å². The second-order valence-electron chi connectivity index (χ2n) is 18.0. The number of allylic oxidation sites excluding steroid dienone is 3. The van der Waals surface area contributed by atoms with Crippen molar-refractivity contribution in [2.45, 2.75) is 281 Å². The van der Waals surface area contributed by atoms with Crippen LogP contribution in [-0.2, 0) is 14.3 Å². The van der Waals surface area contributed by atoms with Crippen molar-refractivity contribution < 1.29 is 39.8 Å². The number of rotatable bonds is 43. The number of nitrogens with one attached hydrogen (secondary N) is 1. The molecule has 0 aromatic carbocycles. The van der Waals surface area contributed by atoms with Crippen molar-refractivity contribution in [3.8, 4) is 0 Å². The monoisotopic (exact) mass is 852 g/mol. The Balaban J connectivity index is 2.29. The Morgan fingerprint density at radius 2 is 0.950 bits per heavy atom. The second kappa shape index (κ2) is 41.7. The normalized spacial score (nSPS) is 20.7. The zero-order valence-corrected chi connectivity index (χ0v) is 39.0. The third-order valence-corrected chi connectivity index (χ3v) is 12.3. The second-order valence-corrected chi connectivity index (χ2v) is 18.0. The first-order valence-corrected chi connectivity index (χ1v) is 25.6. The minimum atomic E-state index is -1.57. The van der Waals surface area contributed by atoms with E-state index in [1.807, 2.05) is 6.08 Å². The van der Waals surface area contributed by atoms with Gasteiger partial charge in [0.05, 0.1) is 25.4 Å². The summed E-state index contributed by atoms with van der Waals surface area (Å²) in [5.74, 6) is -0.183. The number of amides is 1. The fraction of sp³-hybridized carbons (Fsp3) is 0.902. The van der Waals surface area contributed by atoms with Gasteiger partial charge < -0.3 is 40.3 Å². The molecule has 1 fully saturated rings. The van der Waals surface area contributed by atoms with Crippen molar-refractivity contribution in [2.24, 2.45) is 0 Å². The van der Waals surface area contributed by atoms with Crippen LogP contribution in [0.25, 0.3) is 0 Å². The molecule has 1 saturated heterocycles. The van der Waals surface area contributed by atoms with Gasteiger partial charge in [-0.1, -0.05) is 224 Å². The summed E-state index contributed by atoms with van der Waals surface area (Å²) in [7, 11) is 0. The highest BCUT2D eigenvalue weighted by Gasteiger charge is 2.44. The summed E-state index contributed by atoms with van der Waals surface area (Å²) in [6.07, 6.45) is 43.7. The number of aliphatic hydroxyl groups excluding tert-OH is 5. The number of carbonyl (C=O) groups is 1. The molecule has 6 N–H and O–H groups in total. The standard InChI is InChI=1S/C51H97NO8/c1-3-5-7-9-11-13-15-17-19-21-22-23-24-25-27-29-31-33-35-37-39-41-47(55)52-44(43-59-51-50(58)49(57)48(56)46(42-53)60-51)45(54)40-38-36-34-32-30-28-26-20-18-16-14-12-10-8-6-4-2/h30,32,38,40,44-46,48-51,53-54,56-58H,3-29,31,33-37,39,41-43H2,1-2H3,(H,52,55)/b32-30+,40-38+. The molecule has 1 aliphatic heterocycles. The molecule has 1 aliphatic rings. The molecule has 354 valence electrons. The van der Waals surface area contributed by atoms with Crippen LogP contribution in [0.5, 0.6) is 0 Å². The lowest BCUT2D eigenvalue weighted by molar-refractivity contribution is -0.302. The summed E-state index contributed by atoms with van der Waals surface area (Å²) in [6, 6.07) is -0.817. The molecule has 0 aliphatic carbocycles. The summed E-state index contributed by atoms with van der Waals surface area (Å²) in [5.41, 5.74) is 0. The van der Waals surface area contributed by atoms with Gasteiger partial charge in [-0.05, 0) is 32.1 Å². The zero-order valence-electron chi connectivity index (χ0n) is 39.0. The van der Waals surface area contributed by atoms with Gasteiger partial charge in [0.1, 0.15) is 24.4 Å². The largest absolute Gasteiger partial charge is 0.394 e. The first kappa shape index (κ1) is 56.7. The molecule has 7 atom stereocenters. The predicted octanol–water partition coefficient (Wildman–Crippen LogP) is 11.5. The maximum Gasteiger partial charge on any atom is 0.220 e. The number of unbranched alkanes of at least 4 members (excludes halogenated alkanes) is 31. The maximum absolute atomic E-state index is 13.0. The lowest BCUT2D eigenvalue weighted by Crippen LogP contribution is -2.60. The lowest BCUT2D eigenvalue weighted by atomic mass is 9.99. The van der Waals surface area contributed by atoms with Gasteiger partial charge in [0.25, 0.3) is 0 Å². The molecule has 0 aromatic heterocycles. The molecule has 9 heteroatoms. The van der Waals surface area contributed by atoms with Crippen LogP contribution in [0.1, 0.15) is 239 Å². The molecule has 0 saturated carbocycles. The van der Waals surface area contributed by atoms with Crippen molar-refractivity contribution in [2.75, 3.05) is 13.2 Å². The average molecular weight is 852 g/mol. The summed E-state index contributed by atoms with van der Waals surface area (Å²) in [5, 5.41) is 54.3. The first-order valence-electron chi connectivity index (χ1n) is 25.6. The van der Waals surface area contributed by atoms with Crippen LogP contribution in [0.2, 0.25) is 0 Å². The van der Waals surface area contributed by atoms with Crippen LogP contribution in [-0.4, -0.2) is 87.5 Å². The molecule has 0 spiro atoms. The minimum absolute atomic E-state index is 0.183. The highest BCUT2D eigenvalue weighted by molar-refractivity contribution is 5.76. The van der Waals surface area contributed by atoms with Gasteiger partial charge in [0.15, 0.2) is 6.29 Å². The van der Waals surface area contributed by atoms with Gasteiger partial charge in [-0.25, -0.2) is 0 Å². The van der Waals surface area contributed by atoms with Gasteiger partial charge in [0, 0.05) is 6.42 Å². The van der Waals surface area contributed by atoms with E-state index < -0.39 is 49.5 Å². The third kappa shape index (κ3) is 31.5. The van der Waals surface area contributed by atoms with E-state index in [1.54, 1.807) is 6.08 Å². The molecule has 0 aromatic rings. The Morgan fingerprint density at radius 3 is 1.40 bits per heavy atom. The summed E-state index contributed by atoms with van der Waals surface area (Å²) in [6.45, 7) is 3.78. The smallest absolute Gasteiger partial charge is 0.220 e. The van der Waals surface area contributed by atoms with Gasteiger partial charge >= 0.3 is 0 Å². The number of hydrogen-bond donors (Lipinski definition) is 6. The van der Waals surface area contributed by atoms with E-state index in [0.29, 0.717) is 6.42 Å². The maximum atomic E-state index is 13.0. The summed E-state index contributed by atoms with van der Waals surface area (Å²) in [4.78, 5) is 13.0. The van der Waals surface area contributed by atoms with E-state index in [-0.39, 0.29) is 12.5 Å². The Morgan fingerprint density at radius 1 is 0.550 bits per heavy atom. The van der Waals surface area contributed by atoms with Crippen LogP contribution in [0, 0.1) is 0 Å². The predicted molar refractivity (Wildman–Crippen MR) is 249 cm³/mol. The SMILES string of the molecule is CCCCCCCCCCCC/C=C/CC/C=C/C(O)C(COC1OC(CO)C(O)C(O)C1O)NC(=O)CCCCCCCCCCCCCCCCCCCCCCC. The Labute approximate surface area is 369 Å². The average Bonchev–Trinajstić information content (AvgIpc) is 3.25. The molecule has 1 heterocycles. The van der Waals surface area contributed by atoms with Crippen LogP contribution in [0.15, 0.2) is 24.3 Å². The molecule has 60 heavy (non-hydrogen) atoms. The number of ether oxygens (including phenoxy) is 2. The van der Waals surface area contributed by atoms with Crippen molar-refractivity contribution in [1.29, 1.82) is 0 Å². The molecular weight excluding hydrogens is 755 g/mol. The fourth-order valence-electron chi connectivity index (χ4n) is 8.17. The molecule has 9 nitrogen and oxygen atoms in total. The lowest BCUT2D eigenvalue weighted by Gasteiger charge is -2.40. The van der Waals surface area contributed by atoms with Crippen LogP contribution in [0.3, 0.4) is 0 Å². The number of aliphatic hydroxyl groups is 5. The highest BCUT2D eigenvalue weighted by atomic mass is 16.7. The van der Waals surface area contributed by atoms with Crippen molar-refractivity contribution in [1.82, 2.24) is 5.32 Å². The van der Waals surface area contributed by atoms with Crippen molar-refractivity contribution >= 4 is 5.91 Å². The molecule has 1 amide bonds. The zero-order chi connectivity index (χ0) is 43.7. The molecular formula is C51H97NO8. The summed E-state index contributed by atoms with van der Waals surface area (Å²) < 4.78 is 11.2. The van der Waals surface area contributed by atoms with Crippen molar-refractivity contribution in [3.63, 3.8) is 0 Å². The van der Waals surface area contributed by atoms with E-state index in [1.165, 1.54) is 180 Å². The first-order chi connectivity index (χ1) is 29.3. The molecule has 1 rings (SSSR count). The van der Waals surface area contributed by atoms with Gasteiger partial charge in [-0.15, -0.1) is 0 Å². The van der Waals surface area contributed by atoms with Crippen LogP contribution < -0.4 is 5.32 Å². The van der Waals surface area contributed by atoms with E-state index >= 15 is 0 Å². The Kier molecular flexibility index (Phi) is 39.4. The Bertz CT molecular complexity index is 992. The van der Waals surface area contributed by atoms with E-state index in [9.17, 15) is 30.3 Å². The van der Waals surface area contributed by atoms with Crippen LogP contribution in [0.4, 0.5) is 0 Å². The number of hydrogen-bond acceptors (Lipinski definition) is 8. The minimum Gasteiger partial charge on any atom is -0.394 e. The van der Waals surface area contributed by atoms with Crippen LogP contribution >= 0.6 is 0 Å². The molecule has 0 radical (unpaired) electrons. The quantitative estimate of drug-likeness (QED) is 0.0262. The Hall–Kier alpha value is -1.33. The van der Waals surface area contributed by atoms with E-state index in [2.05, 4.69) is 31.3 Å².